The summed E-state index contributed by atoms with van der Waals surface area (Å²) in [6.07, 6.45) is 9.94. The maximum Gasteiger partial charge on any atom is 0.0991 e. The topological polar surface area (TPSA) is 41.6 Å². The Labute approximate surface area is 118 Å². The minimum atomic E-state index is 0.135. The fourth-order valence-corrected chi connectivity index (χ4v) is 4.15. The third kappa shape index (κ3) is 1.48. The summed E-state index contributed by atoms with van der Waals surface area (Å²) in [7, 11) is 0. The van der Waals surface area contributed by atoms with Crippen molar-refractivity contribution in [1.29, 1.82) is 5.26 Å². The molecule has 0 N–H and O–H groups in total. The van der Waals surface area contributed by atoms with Gasteiger partial charge in [0.1, 0.15) is 0 Å². The number of aryl methyl sites for hydroxylation is 2. The SMILES string of the molecule is N#Cc1ccc2c(c1)CCCC21CCCn2cncc21. The molecule has 0 bridgehead atoms. The highest BCUT2D eigenvalue weighted by molar-refractivity contribution is 5.48. The summed E-state index contributed by atoms with van der Waals surface area (Å²) < 4.78 is 2.32. The van der Waals surface area contributed by atoms with Gasteiger partial charge in [-0.15, -0.1) is 0 Å². The van der Waals surface area contributed by atoms with Crippen molar-refractivity contribution in [2.75, 3.05) is 0 Å². The average Bonchev–Trinajstić information content (AvgIpc) is 2.97. The van der Waals surface area contributed by atoms with Crippen LogP contribution >= 0.6 is 0 Å². The Kier molecular flexibility index (Phi) is 2.47. The van der Waals surface area contributed by atoms with Crippen LogP contribution in [0.15, 0.2) is 30.7 Å². The lowest BCUT2D eigenvalue weighted by atomic mass is 9.64. The monoisotopic (exact) mass is 263 g/mol. The largest absolute Gasteiger partial charge is 0.334 e. The van der Waals surface area contributed by atoms with E-state index in [9.17, 15) is 0 Å². The highest BCUT2D eigenvalue weighted by Gasteiger charge is 2.41. The molecule has 1 aliphatic carbocycles. The molecule has 0 saturated heterocycles. The van der Waals surface area contributed by atoms with Gasteiger partial charge in [0, 0.05) is 23.9 Å². The summed E-state index contributed by atoms with van der Waals surface area (Å²) >= 11 is 0. The molecule has 2 aromatic rings. The molecule has 2 heterocycles. The quantitative estimate of drug-likeness (QED) is 0.732. The molecule has 0 amide bonds. The summed E-state index contributed by atoms with van der Waals surface area (Å²) in [5.41, 5.74) is 5.09. The zero-order valence-corrected chi connectivity index (χ0v) is 11.5. The summed E-state index contributed by atoms with van der Waals surface area (Å²) in [5, 5.41) is 9.10. The van der Waals surface area contributed by atoms with Gasteiger partial charge in [-0.3, -0.25) is 0 Å². The van der Waals surface area contributed by atoms with Gasteiger partial charge in [0.05, 0.1) is 18.0 Å². The Morgan fingerprint density at radius 2 is 2.15 bits per heavy atom. The van der Waals surface area contributed by atoms with E-state index in [1.54, 1.807) is 0 Å². The van der Waals surface area contributed by atoms with Gasteiger partial charge in [0.15, 0.2) is 0 Å². The van der Waals surface area contributed by atoms with Crippen molar-refractivity contribution in [3.63, 3.8) is 0 Å². The van der Waals surface area contributed by atoms with Gasteiger partial charge in [-0.25, -0.2) is 4.98 Å². The number of hydrogen-bond donors (Lipinski definition) is 0. The van der Waals surface area contributed by atoms with E-state index in [0.29, 0.717) is 0 Å². The van der Waals surface area contributed by atoms with Gasteiger partial charge >= 0.3 is 0 Å². The Morgan fingerprint density at radius 3 is 3.05 bits per heavy atom. The van der Waals surface area contributed by atoms with Crippen LogP contribution in [0, 0.1) is 11.3 Å². The van der Waals surface area contributed by atoms with E-state index in [1.807, 2.05) is 18.6 Å². The van der Waals surface area contributed by atoms with Crippen LogP contribution in [0.4, 0.5) is 0 Å². The zero-order chi connectivity index (χ0) is 13.6. The van der Waals surface area contributed by atoms with Crippen molar-refractivity contribution in [2.45, 2.75) is 44.1 Å². The van der Waals surface area contributed by atoms with E-state index in [1.165, 1.54) is 42.5 Å². The molecular formula is C17H17N3. The van der Waals surface area contributed by atoms with Crippen LogP contribution in [-0.4, -0.2) is 9.55 Å². The summed E-state index contributed by atoms with van der Waals surface area (Å²) in [6.45, 7) is 1.09. The van der Waals surface area contributed by atoms with E-state index in [0.717, 1.165) is 18.5 Å². The second-order valence-corrected chi connectivity index (χ2v) is 6.00. The minimum Gasteiger partial charge on any atom is -0.334 e. The lowest BCUT2D eigenvalue weighted by Gasteiger charge is -2.42. The molecule has 100 valence electrons. The fraction of sp³-hybridized carbons (Fsp3) is 0.412. The van der Waals surface area contributed by atoms with Crippen molar-refractivity contribution >= 4 is 0 Å². The van der Waals surface area contributed by atoms with Crippen LogP contribution in [0.2, 0.25) is 0 Å². The first-order chi connectivity index (χ1) is 9.83. The maximum absolute atomic E-state index is 9.10. The molecule has 1 aromatic carbocycles. The van der Waals surface area contributed by atoms with E-state index in [-0.39, 0.29) is 5.41 Å². The van der Waals surface area contributed by atoms with Gasteiger partial charge in [0.25, 0.3) is 0 Å². The van der Waals surface area contributed by atoms with Gasteiger partial charge < -0.3 is 4.57 Å². The number of benzene rings is 1. The molecule has 1 aromatic heterocycles. The predicted molar refractivity (Wildman–Crippen MR) is 76.3 cm³/mol. The third-order valence-corrected chi connectivity index (χ3v) is 5.00. The van der Waals surface area contributed by atoms with Crippen LogP contribution in [-0.2, 0) is 18.4 Å². The van der Waals surface area contributed by atoms with Crippen LogP contribution in [0.3, 0.4) is 0 Å². The summed E-state index contributed by atoms with van der Waals surface area (Å²) in [6, 6.07) is 8.52. The van der Waals surface area contributed by atoms with Crippen molar-refractivity contribution < 1.29 is 0 Å². The maximum atomic E-state index is 9.10. The van der Waals surface area contributed by atoms with Crippen molar-refractivity contribution in [1.82, 2.24) is 9.55 Å². The highest BCUT2D eigenvalue weighted by Crippen LogP contribution is 2.47. The molecule has 0 saturated carbocycles. The average molecular weight is 263 g/mol. The van der Waals surface area contributed by atoms with Crippen molar-refractivity contribution in [3.05, 3.63) is 53.1 Å². The molecule has 20 heavy (non-hydrogen) atoms. The normalized spacial score (nSPS) is 23.9. The van der Waals surface area contributed by atoms with Crippen molar-refractivity contribution in [2.24, 2.45) is 0 Å². The number of imidazole rings is 1. The molecule has 2 aliphatic rings. The van der Waals surface area contributed by atoms with E-state index in [4.69, 9.17) is 5.26 Å². The smallest absolute Gasteiger partial charge is 0.0991 e. The Balaban J connectivity index is 1.94. The first kappa shape index (κ1) is 11.7. The van der Waals surface area contributed by atoms with Gasteiger partial charge in [0.2, 0.25) is 0 Å². The number of nitrogens with zero attached hydrogens (tertiary/aromatic N) is 3. The molecule has 3 nitrogen and oxygen atoms in total. The first-order valence-corrected chi connectivity index (χ1v) is 7.38. The second kappa shape index (κ2) is 4.21. The summed E-state index contributed by atoms with van der Waals surface area (Å²) in [5.74, 6) is 0. The van der Waals surface area contributed by atoms with Crippen molar-refractivity contribution in [3.8, 4) is 6.07 Å². The Bertz CT molecular complexity index is 703. The number of nitriles is 1. The van der Waals surface area contributed by atoms with Gasteiger partial charge in [-0.1, -0.05) is 6.07 Å². The standard InChI is InChI=1S/C17H17N3/c18-10-13-4-5-15-14(9-13)3-1-6-17(15)7-2-8-20-12-19-11-16(17)20/h4-5,9,11-12H,1-3,6-8H2. The fourth-order valence-electron chi connectivity index (χ4n) is 4.15. The molecule has 1 unspecified atom stereocenters. The molecule has 1 atom stereocenters. The van der Waals surface area contributed by atoms with E-state index in [2.05, 4.69) is 27.8 Å². The third-order valence-electron chi connectivity index (χ3n) is 5.00. The molecular weight excluding hydrogens is 246 g/mol. The Hall–Kier alpha value is -2.08. The van der Waals surface area contributed by atoms with Gasteiger partial charge in [-0.2, -0.15) is 5.26 Å². The van der Waals surface area contributed by atoms with E-state index < -0.39 is 0 Å². The van der Waals surface area contributed by atoms with E-state index >= 15 is 0 Å². The second-order valence-electron chi connectivity index (χ2n) is 6.00. The molecule has 1 aliphatic heterocycles. The molecule has 0 fully saturated rings. The first-order valence-electron chi connectivity index (χ1n) is 7.38. The minimum absolute atomic E-state index is 0.135. The number of rotatable bonds is 0. The number of hydrogen-bond acceptors (Lipinski definition) is 2. The van der Waals surface area contributed by atoms with Crippen LogP contribution in [0.1, 0.15) is 48.1 Å². The molecule has 4 rings (SSSR count). The summed E-state index contributed by atoms with van der Waals surface area (Å²) in [4.78, 5) is 4.37. The van der Waals surface area contributed by atoms with Crippen LogP contribution < -0.4 is 0 Å². The van der Waals surface area contributed by atoms with Gasteiger partial charge in [-0.05, 0) is 55.4 Å². The highest BCUT2D eigenvalue weighted by atomic mass is 15.1. The van der Waals surface area contributed by atoms with Crippen LogP contribution in [0.25, 0.3) is 0 Å². The predicted octanol–water partition coefficient (Wildman–Crippen LogP) is 3.17. The number of fused-ring (bicyclic) bond motifs is 4. The number of aromatic nitrogens is 2. The molecule has 3 heteroatoms. The van der Waals surface area contributed by atoms with Crippen LogP contribution in [0.5, 0.6) is 0 Å². The molecule has 1 spiro atoms. The lowest BCUT2D eigenvalue weighted by Crippen LogP contribution is -2.37. The lowest BCUT2D eigenvalue weighted by molar-refractivity contribution is 0.320. The Morgan fingerprint density at radius 1 is 1.25 bits per heavy atom. The zero-order valence-electron chi connectivity index (χ0n) is 11.5. The molecule has 0 radical (unpaired) electrons.